The summed E-state index contributed by atoms with van der Waals surface area (Å²) in [6.45, 7) is 1.99. The molecule has 1 aromatic carbocycles. The smallest absolute Gasteiger partial charge is 0.339 e. The molecule has 7 heteroatoms. The number of aryl methyl sites for hydroxylation is 1. The Kier molecular flexibility index (Phi) is 5.84. The Balaban J connectivity index is 1.87. The number of ether oxygens (including phenoxy) is 1. The molecule has 6 nitrogen and oxygen atoms in total. The standard InChI is InChI=1S/C19H22ClNO5/c1-11(18(23)21-7-4-8-22)25-17-10-16-14(9-15(17)20)12-5-2-3-6-13(12)19(24)26-16/h9-11,22H,2-8H2,1H3,(H,21,23)/t11-/m0/s1. The summed E-state index contributed by atoms with van der Waals surface area (Å²) in [5.74, 6) is -0.00982. The van der Waals surface area contributed by atoms with Gasteiger partial charge < -0.3 is 19.6 Å². The van der Waals surface area contributed by atoms with E-state index in [-0.39, 0.29) is 18.1 Å². The van der Waals surface area contributed by atoms with E-state index in [2.05, 4.69) is 5.32 Å². The molecule has 0 unspecified atom stereocenters. The zero-order valence-electron chi connectivity index (χ0n) is 14.6. The SMILES string of the molecule is C[C@H](Oc1cc2oc(=O)c3c(c2cc1Cl)CCCC3)C(=O)NCCCO. The van der Waals surface area contributed by atoms with Crippen LogP contribution in [0.25, 0.3) is 11.0 Å². The van der Waals surface area contributed by atoms with Crippen molar-refractivity contribution in [2.45, 2.75) is 45.1 Å². The summed E-state index contributed by atoms with van der Waals surface area (Å²) in [4.78, 5) is 24.2. The molecule has 140 valence electrons. The zero-order valence-corrected chi connectivity index (χ0v) is 15.4. The number of carbonyl (C=O) groups excluding carboxylic acids is 1. The van der Waals surface area contributed by atoms with Gasteiger partial charge in [-0.3, -0.25) is 4.79 Å². The van der Waals surface area contributed by atoms with E-state index in [9.17, 15) is 9.59 Å². The van der Waals surface area contributed by atoms with Crippen LogP contribution in [-0.2, 0) is 17.6 Å². The fraction of sp³-hybridized carbons (Fsp3) is 0.474. The molecule has 1 atom stereocenters. The van der Waals surface area contributed by atoms with E-state index in [1.165, 1.54) is 0 Å². The summed E-state index contributed by atoms with van der Waals surface area (Å²) in [7, 11) is 0. The third kappa shape index (κ3) is 3.86. The summed E-state index contributed by atoms with van der Waals surface area (Å²) in [5.41, 5.74) is 1.86. The van der Waals surface area contributed by atoms with Crippen molar-refractivity contribution in [1.82, 2.24) is 5.32 Å². The maximum Gasteiger partial charge on any atom is 0.339 e. The first kappa shape index (κ1) is 18.7. The van der Waals surface area contributed by atoms with Crippen LogP contribution in [0.15, 0.2) is 21.3 Å². The highest BCUT2D eigenvalue weighted by atomic mass is 35.5. The lowest BCUT2D eigenvalue weighted by Gasteiger charge is -2.18. The number of aliphatic hydroxyl groups is 1. The van der Waals surface area contributed by atoms with Crippen molar-refractivity contribution < 1.29 is 19.1 Å². The minimum absolute atomic E-state index is 0.00930. The number of hydrogen-bond donors (Lipinski definition) is 2. The van der Waals surface area contributed by atoms with Crippen molar-refractivity contribution in [2.24, 2.45) is 0 Å². The van der Waals surface area contributed by atoms with Crippen LogP contribution in [0.2, 0.25) is 5.02 Å². The number of amides is 1. The summed E-state index contributed by atoms with van der Waals surface area (Å²) in [6, 6.07) is 3.32. The molecule has 0 saturated carbocycles. The predicted molar refractivity (Wildman–Crippen MR) is 98.9 cm³/mol. The van der Waals surface area contributed by atoms with Gasteiger partial charge in [-0.1, -0.05) is 11.6 Å². The largest absolute Gasteiger partial charge is 0.479 e. The lowest BCUT2D eigenvalue weighted by molar-refractivity contribution is -0.127. The van der Waals surface area contributed by atoms with Crippen molar-refractivity contribution >= 4 is 28.5 Å². The maximum atomic E-state index is 12.2. The molecular formula is C19H22ClNO5. The molecule has 0 fully saturated rings. The first-order valence-corrected chi connectivity index (χ1v) is 9.22. The number of aliphatic hydroxyl groups excluding tert-OH is 1. The molecule has 0 saturated heterocycles. The van der Waals surface area contributed by atoms with Gasteiger partial charge in [0.25, 0.3) is 5.91 Å². The van der Waals surface area contributed by atoms with Crippen molar-refractivity contribution in [1.29, 1.82) is 0 Å². The highest BCUT2D eigenvalue weighted by Gasteiger charge is 2.21. The lowest BCUT2D eigenvalue weighted by atomic mass is 9.90. The Hall–Kier alpha value is -2.05. The Bertz CT molecular complexity index is 876. The van der Waals surface area contributed by atoms with Gasteiger partial charge in [-0.2, -0.15) is 0 Å². The first-order chi connectivity index (χ1) is 12.5. The lowest BCUT2D eigenvalue weighted by Crippen LogP contribution is -2.37. The summed E-state index contributed by atoms with van der Waals surface area (Å²) >= 11 is 6.35. The number of hydrogen-bond acceptors (Lipinski definition) is 5. The van der Waals surface area contributed by atoms with Crippen molar-refractivity contribution in [3.05, 3.63) is 38.7 Å². The Morgan fingerprint density at radius 3 is 2.81 bits per heavy atom. The number of halogens is 1. The number of carbonyl (C=O) groups is 1. The molecule has 0 spiro atoms. The van der Waals surface area contributed by atoms with Gasteiger partial charge in [0.2, 0.25) is 0 Å². The Labute approximate surface area is 156 Å². The van der Waals surface area contributed by atoms with Crippen LogP contribution < -0.4 is 15.7 Å². The molecule has 1 heterocycles. The predicted octanol–water partition coefficient (Wildman–Crippen LogP) is 2.59. The Morgan fingerprint density at radius 1 is 1.35 bits per heavy atom. The van der Waals surface area contributed by atoms with Crippen LogP contribution in [0, 0.1) is 0 Å². The molecule has 0 bridgehead atoms. The van der Waals surface area contributed by atoms with Crippen LogP contribution in [0.4, 0.5) is 0 Å². The normalized spacial score (nSPS) is 14.7. The summed E-state index contributed by atoms with van der Waals surface area (Å²) in [5, 5.41) is 12.6. The van der Waals surface area contributed by atoms with E-state index in [4.69, 9.17) is 25.9 Å². The third-order valence-electron chi connectivity index (χ3n) is 4.58. The highest BCUT2D eigenvalue weighted by molar-refractivity contribution is 6.32. The van der Waals surface area contributed by atoms with Gasteiger partial charge in [-0.25, -0.2) is 4.79 Å². The highest BCUT2D eigenvalue weighted by Crippen LogP contribution is 2.34. The summed E-state index contributed by atoms with van der Waals surface area (Å²) < 4.78 is 11.1. The molecule has 0 radical (unpaired) electrons. The third-order valence-corrected chi connectivity index (χ3v) is 4.88. The average molecular weight is 380 g/mol. The molecule has 2 aromatic rings. The van der Waals surface area contributed by atoms with E-state index < -0.39 is 6.10 Å². The molecule has 3 rings (SSSR count). The second kappa shape index (κ2) is 8.10. The molecule has 0 aliphatic heterocycles. The van der Waals surface area contributed by atoms with Gasteiger partial charge in [0, 0.05) is 30.2 Å². The van der Waals surface area contributed by atoms with E-state index in [0.717, 1.165) is 42.2 Å². The first-order valence-electron chi connectivity index (χ1n) is 8.84. The molecule has 1 aliphatic rings. The maximum absolute atomic E-state index is 12.2. The zero-order chi connectivity index (χ0) is 18.7. The van der Waals surface area contributed by atoms with Crippen LogP contribution in [0.5, 0.6) is 5.75 Å². The van der Waals surface area contributed by atoms with Crippen LogP contribution in [-0.4, -0.2) is 30.3 Å². The van der Waals surface area contributed by atoms with Gasteiger partial charge in [0.05, 0.1) is 5.02 Å². The van der Waals surface area contributed by atoms with Gasteiger partial charge in [-0.05, 0) is 50.7 Å². The van der Waals surface area contributed by atoms with E-state index in [1.54, 1.807) is 19.1 Å². The molecule has 1 aromatic heterocycles. The van der Waals surface area contributed by atoms with Crippen LogP contribution >= 0.6 is 11.6 Å². The average Bonchev–Trinajstić information content (AvgIpc) is 2.63. The van der Waals surface area contributed by atoms with Crippen LogP contribution in [0.3, 0.4) is 0 Å². The monoisotopic (exact) mass is 379 g/mol. The number of benzene rings is 1. The van der Waals surface area contributed by atoms with E-state index in [0.29, 0.717) is 29.3 Å². The molecule has 1 amide bonds. The Morgan fingerprint density at radius 2 is 2.08 bits per heavy atom. The van der Waals surface area contributed by atoms with Gasteiger partial charge >= 0.3 is 5.63 Å². The fourth-order valence-electron chi connectivity index (χ4n) is 3.21. The fourth-order valence-corrected chi connectivity index (χ4v) is 3.42. The van der Waals surface area contributed by atoms with Crippen molar-refractivity contribution in [3.63, 3.8) is 0 Å². The second-order valence-electron chi connectivity index (χ2n) is 6.46. The minimum atomic E-state index is -0.770. The quantitative estimate of drug-likeness (QED) is 0.595. The second-order valence-corrected chi connectivity index (χ2v) is 6.87. The van der Waals surface area contributed by atoms with Crippen molar-refractivity contribution in [2.75, 3.05) is 13.2 Å². The van der Waals surface area contributed by atoms with Gasteiger partial charge in [-0.15, -0.1) is 0 Å². The van der Waals surface area contributed by atoms with Crippen molar-refractivity contribution in [3.8, 4) is 5.75 Å². The van der Waals surface area contributed by atoms with Crippen LogP contribution in [0.1, 0.15) is 37.3 Å². The molecule has 26 heavy (non-hydrogen) atoms. The minimum Gasteiger partial charge on any atom is -0.479 e. The molecule has 1 aliphatic carbocycles. The number of rotatable bonds is 6. The van der Waals surface area contributed by atoms with E-state index >= 15 is 0 Å². The number of fused-ring (bicyclic) bond motifs is 3. The van der Waals surface area contributed by atoms with Gasteiger partial charge in [0.15, 0.2) is 6.10 Å². The topological polar surface area (TPSA) is 88.8 Å². The molecular weight excluding hydrogens is 358 g/mol. The summed E-state index contributed by atoms with van der Waals surface area (Å²) in [6.07, 6.45) is 3.29. The van der Waals surface area contributed by atoms with Gasteiger partial charge in [0.1, 0.15) is 11.3 Å². The van der Waals surface area contributed by atoms with E-state index in [1.807, 2.05) is 0 Å². The number of nitrogens with one attached hydrogen (secondary N) is 1. The molecule has 2 N–H and O–H groups in total.